The maximum atomic E-state index is 6.16. The number of rotatable bonds is 6. The highest BCUT2D eigenvalue weighted by Gasteiger charge is 2.23. The predicted molar refractivity (Wildman–Crippen MR) is 99.7 cm³/mol. The smallest absolute Gasteiger partial charge is 0.111 e. The highest BCUT2D eigenvalue weighted by molar-refractivity contribution is 5.48. The van der Waals surface area contributed by atoms with Crippen molar-refractivity contribution in [3.63, 3.8) is 0 Å². The number of hydrogen-bond donors (Lipinski definition) is 0. The number of ether oxygens (including phenoxy) is 1. The Morgan fingerprint density at radius 2 is 2.04 bits per heavy atom. The first-order valence-electron chi connectivity index (χ1n) is 8.25. The molecule has 0 saturated carbocycles. The van der Waals surface area contributed by atoms with Crippen LogP contribution in [-0.2, 0) is 4.74 Å². The molecule has 0 N–H and O–H groups in total. The van der Waals surface area contributed by atoms with E-state index < -0.39 is 0 Å². The van der Waals surface area contributed by atoms with E-state index in [-0.39, 0.29) is 0 Å². The van der Waals surface area contributed by atoms with E-state index in [0.717, 1.165) is 30.8 Å². The number of allylic oxidation sites excluding steroid dienone is 13. The summed E-state index contributed by atoms with van der Waals surface area (Å²) in [6.45, 7) is 11.8. The molecule has 1 aliphatic heterocycles. The third-order valence-electron chi connectivity index (χ3n) is 4.18. The van der Waals surface area contributed by atoms with E-state index in [1.54, 1.807) is 6.08 Å². The van der Waals surface area contributed by atoms with Crippen molar-refractivity contribution < 1.29 is 4.74 Å². The average molecular weight is 306 g/mol. The van der Waals surface area contributed by atoms with Gasteiger partial charge in [0.1, 0.15) is 11.5 Å². The molecule has 1 heteroatoms. The fourth-order valence-electron chi connectivity index (χ4n) is 2.90. The second-order valence-electron chi connectivity index (χ2n) is 5.80. The van der Waals surface area contributed by atoms with E-state index in [0.29, 0.717) is 5.92 Å². The summed E-state index contributed by atoms with van der Waals surface area (Å²) in [5.74, 6) is 2.52. The molecule has 2 aliphatic rings. The topological polar surface area (TPSA) is 9.23 Å². The van der Waals surface area contributed by atoms with Crippen LogP contribution in [-0.4, -0.2) is 0 Å². The van der Waals surface area contributed by atoms with Crippen LogP contribution in [0.4, 0.5) is 0 Å². The molecule has 0 aromatic heterocycles. The lowest BCUT2D eigenvalue weighted by Gasteiger charge is -2.23. The largest absolute Gasteiger partial charge is 0.465 e. The van der Waals surface area contributed by atoms with Crippen LogP contribution in [0.25, 0.3) is 0 Å². The van der Waals surface area contributed by atoms with Gasteiger partial charge in [-0.1, -0.05) is 74.3 Å². The van der Waals surface area contributed by atoms with Crippen molar-refractivity contribution in [1.29, 1.82) is 0 Å². The highest BCUT2D eigenvalue weighted by Crippen LogP contribution is 2.38. The summed E-state index contributed by atoms with van der Waals surface area (Å²) in [5.41, 5.74) is 3.93. The zero-order valence-electron chi connectivity index (χ0n) is 14.2. The molecular formula is C22H26O. The first-order valence-corrected chi connectivity index (χ1v) is 8.25. The van der Waals surface area contributed by atoms with Crippen molar-refractivity contribution in [3.8, 4) is 0 Å². The Morgan fingerprint density at radius 1 is 1.26 bits per heavy atom. The van der Waals surface area contributed by atoms with E-state index in [1.807, 2.05) is 24.3 Å². The fourth-order valence-corrected chi connectivity index (χ4v) is 2.90. The molecule has 0 aromatic carbocycles. The standard InChI is InChI=1S/C22H26O/c1-5-8-10-11-17(4)18-13-14-19-16-20(15-18)23-22(7-3)21(19)12-9-6-2/h5-6,8-12,14-15,18H,1-2,7,13,16H2,3-4H3/b10-8-,12-9-,17-11+. The molecule has 0 amide bonds. The monoisotopic (exact) mass is 306 g/mol. The average Bonchev–Trinajstić information content (AvgIpc) is 2.73. The second kappa shape index (κ2) is 8.38. The summed E-state index contributed by atoms with van der Waals surface area (Å²) < 4.78 is 6.16. The van der Waals surface area contributed by atoms with Gasteiger partial charge in [-0.05, 0) is 25.0 Å². The molecule has 0 fully saturated rings. The maximum Gasteiger partial charge on any atom is 0.111 e. The minimum atomic E-state index is 0.387. The number of fused-ring (bicyclic) bond motifs is 2. The molecule has 0 spiro atoms. The van der Waals surface area contributed by atoms with Crippen molar-refractivity contribution in [3.05, 3.63) is 96.1 Å². The summed E-state index contributed by atoms with van der Waals surface area (Å²) in [6, 6.07) is 0. The van der Waals surface area contributed by atoms with Gasteiger partial charge in [-0.2, -0.15) is 0 Å². The molecule has 120 valence electrons. The van der Waals surface area contributed by atoms with Gasteiger partial charge in [-0.15, -0.1) is 0 Å². The molecule has 0 saturated heterocycles. The summed E-state index contributed by atoms with van der Waals surface area (Å²) in [4.78, 5) is 0. The molecule has 2 bridgehead atoms. The van der Waals surface area contributed by atoms with Gasteiger partial charge in [-0.25, -0.2) is 0 Å². The summed E-state index contributed by atoms with van der Waals surface area (Å²) in [7, 11) is 0. The minimum Gasteiger partial charge on any atom is -0.465 e. The summed E-state index contributed by atoms with van der Waals surface area (Å²) >= 11 is 0. The van der Waals surface area contributed by atoms with E-state index in [2.05, 4.69) is 51.3 Å². The van der Waals surface area contributed by atoms with Gasteiger partial charge in [0.05, 0.1) is 0 Å². The quantitative estimate of drug-likeness (QED) is 0.521. The van der Waals surface area contributed by atoms with Gasteiger partial charge < -0.3 is 4.74 Å². The van der Waals surface area contributed by atoms with Crippen LogP contribution in [0.2, 0.25) is 0 Å². The third kappa shape index (κ3) is 4.35. The Labute approximate surface area is 140 Å². The molecule has 0 aromatic rings. The highest BCUT2D eigenvalue weighted by atomic mass is 16.5. The fraction of sp³-hybridized carbons (Fsp3) is 0.273. The van der Waals surface area contributed by atoms with E-state index in [4.69, 9.17) is 4.74 Å². The van der Waals surface area contributed by atoms with Crippen LogP contribution >= 0.6 is 0 Å². The molecular weight excluding hydrogens is 280 g/mol. The lowest BCUT2D eigenvalue weighted by molar-refractivity contribution is 0.271. The third-order valence-corrected chi connectivity index (χ3v) is 4.18. The first kappa shape index (κ1) is 17.1. The Balaban J connectivity index is 2.31. The molecule has 2 rings (SSSR count). The molecule has 1 unspecified atom stereocenters. The zero-order chi connectivity index (χ0) is 16.7. The van der Waals surface area contributed by atoms with Crippen LogP contribution in [0.15, 0.2) is 96.1 Å². The van der Waals surface area contributed by atoms with Gasteiger partial charge in [0.2, 0.25) is 0 Å². The van der Waals surface area contributed by atoms with Gasteiger partial charge >= 0.3 is 0 Å². The SMILES string of the molecule is C=C/C=C\C=C(/C)C1C=C2CC(=CC1)C(/C=C\C=C)=C(CC)O2. The van der Waals surface area contributed by atoms with E-state index in [1.165, 1.54) is 16.7 Å². The minimum absolute atomic E-state index is 0.387. The molecule has 1 nitrogen and oxygen atoms in total. The van der Waals surface area contributed by atoms with E-state index in [9.17, 15) is 0 Å². The second-order valence-corrected chi connectivity index (χ2v) is 5.80. The Morgan fingerprint density at radius 3 is 2.74 bits per heavy atom. The van der Waals surface area contributed by atoms with Gasteiger partial charge in [-0.3, -0.25) is 0 Å². The molecule has 1 heterocycles. The molecule has 1 atom stereocenters. The van der Waals surface area contributed by atoms with Crippen molar-refractivity contribution >= 4 is 0 Å². The molecule has 1 aliphatic carbocycles. The van der Waals surface area contributed by atoms with E-state index >= 15 is 0 Å². The Hall–Kier alpha value is -2.28. The van der Waals surface area contributed by atoms with Crippen molar-refractivity contribution in [1.82, 2.24) is 0 Å². The normalized spacial score (nSPS) is 21.8. The van der Waals surface area contributed by atoms with Gasteiger partial charge in [0.15, 0.2) is 0 Å². The zero-order valence-corrected chi connectivity index (χ0v) is 14.2. The maximum absolute atomic E-state index is 6.16. The summed E-state index contributed by atoms with van der Waals surface area (Å²) in [6.07, 6.45) is 21.3. The van der Waals surface area contributed by atoms with Crippen molar-refractivity contribution in [2.75, 3.05) is 0 Å². The van der Waals surface area contributed by atoms with Crippen LogP contribution in [0.3, 0.4) is 0 Å². The molecule has 0 radical (unpaired) electrons. The lowest BCUT2D eigenvalue weighted by atomic mass is 9.95. The van der Waals surface area contributed by atoms with Gasteiger partial charge in [0.25, 0.3) is 0 Å². The van der Waals surface area contributed by atoms with Crippen LogP contribution in [0.5, 0.6) is 0 Å². The Bertz CT molecular complexity index is 647. The van der Waals surface area contributed by atoms with Crippen LogP contribution in [0, 0.1) is 5.92 Å². The predicted octanol–water partition coefficient (Wildman–Crippen LogP) is 6.33. The lowest BCUT2D eigenvalue weighted by Crippen LogP contribution is -2.06. The first-order chi connectivity index (χ1) is 11.2. The van der Waals surface area contributed by atoms with Crippen molar-refractivity contribution in [2.45, 2.75) is 33.1 Å². The number of hydrogen-bond acceptors (Lipinski definition) is 1. The molecule has 23 heavy (non-hydrogen) atoms. The van der Waals surface area contributed by atoms with Crippen LogP contribution in [0.1, 0.15) is 33.1 Å². The van der Waals surface area contributed by atoms with Crippen LogP contribution < -0.4 is 0 Å². The van der Waals surface area contributed by atoms with Gasteiger partial charge in [0, 0.05) is 24.3 Å². The van der Waals surface area contributed by atoms with Crippen molar-refractivity contribution in [2.24, 2.45) is 5.92 Å². The summed E-state index contributed by atoms with van der Waals surface area (Å²) in [5, 5.41) is 0. The Kier molecular flexibility index (Phi) is 6.22.